The molecule has 0 bridgehead atoms. The summed E-state index contributed by atoms with van der Waals surface area (Å²) >= 11 is 1.85. The van der Waals surface area contributed by atoms with Gasteiger partial charge in [-0.25, -0.2) is 0 Å². The molecule has 84 valence electrons. The van der Waals surface area contributed by atoms with Crippen LogP contribution < -0.4 is 5.32 Å². The molecule has 0 aliphatic heterocycles. The maximum atomic E-state index is 3.35. The highest BCUT2D eigenvalue weighted by Gasteiger charge is 2.00. The molecule has 0 saturated heterocycles. The van der Waals surface area contributed by atoms with Crippen LogP contribution in [0.1, 0.15) is 22.9 Å². The van der Waals surface area contributed by atoms with E-state index in [9.17, 15) is 0 Å². The van der Waals surface area contributed by atoms with E-state index in [2.05, 4.69) is 54.0 Å². The van der Waals surface area contributed by atoms with Gasteiger partial charge in [0.1, 0.15) is 0 Å². The van der Waals surface area contributed by atoms with Crippen LogP contribution in [0.2, 0.25) is 0 Å². The Morgan fingerprint density at radius 2 is 1.94 bits per heavy atom. The molecule has 1 N–H and O–H groups in total. The standard InChI is InChI=1S/C14H17NS/c1-2-15-10-13-9-14(16-11-13)8-12-6-4-3-5-7-12/h3-7,9,11,15H,2,8,10H2,1H3. The lowest BCUT2D eigenvalue weighted by molar-refractivity contribution is 0.728. The number of hydrogen-bond donors (Lipinski definition) is 1. The SMILES string of the molecule is CCNCc1csc(Cc2ccccc2)c1. The minimum Gasteiger partial charge on any atom is -0.313 e. The van der Waals surface area contributed by atoms with Crippen molar-refractivity contribution in [2.75, 3.05) is 6.54 Å². The van der Waals surface area contributed by atoms with Crippen LogP contribution in [0.5, 0.6) is 0 Å². The van der Waals surface area contributed by atoms with Crippen LogP contribution >= 0.6 is 11.3 Å². The van der Waals surface area contributed by atoms with Gasteiger partial charge in [0, 0.05) is 17.8 Å². The van der Waals surface area contributed by atoms with Crippen molar-refractivity contribution in [2.24, 2.45) is 0 Å². The Balaban J connectivity index is 1.97. The van der Waals surface area contributed by atoms with Crippen LogP contribution in [0, 0.1) is 0 Å². The monoisotopic (exact) mass is 231 g/mol. The van der Waals surface area contributed by atoms with Crippen LogP contribution in [-0.4, -0.2) is 6.54 Å². The second-order valence-electron chi connectivity index (χ2n) is 3.86. The molecule has 0 radical (unpaired) electrons. The number of benzene rings is 1. The molecule has 1 aromatic carbocycles. The van der Waals surface area contributed by atoms with Crippen molar-refractivity contribution >= 4 is 11.3 Å². The third-order valence-electron chi connectivity index (χ3n) is 2.51. The molecule has 0 fully saturated rings. The fourth-order valence-electron chi connectivity index (χ4n) is 1.68. The molecule has 0 amide bonds. The van der Waals surface area contributed by atoms with E-state index in [1.165, 1.54) is 16.0 Å². The van der Waals surface area contributed by atoms with Crippen molar-refractivity contribution in [1.29, 1.82) is 0 Å². The lowest BCUT2D eigenvalue weighted by Gasteiger charge is -1.98. The van der Waals surface area contributed by atoms with Crippen molar-refractivity contribution in [3.05, 3.63) is 57.8 Å². The summed E-state index contributed by atoms with van der Waals surface area (Å²) in [5.74, 6) is 0. The zero-order chi connectivity index (χ0) is 11.2. The lowest BCUT2D eigenvalue weighted by Crippen LogP contribution is -2.10. The average Bonchev–Trinajstić information content (AvgIpc) is 2.75. The first-order valence-corrected chi connectivity index (χ1v) is 6.57. The van der Waals surface area contributed by atoms with Gasteiger partial charge in [-0.15, -0.1) is 11.3 Å². The summed E-state index contributed by atoms with van der Waals surface area (Å²) in [4.78, 5) is 1.44. The van der Waals surface area contributed by atoms with Crippen LogP contribution in [0.4, 0.5) is 0 Å². The first-order valence-electron chi connectivity index (χ1n) is 5.69. The normalized spacial score (nSPS) is 10.6. The van der Waals surface area contributed by atoms with E-state index in [1.54, 1.807) is 0 Å². The minimum absolute atomic E-state index is 0.988. The predicted octanol–water partition coefficient (Wildman–Crippen LogP) is 3.45. The first kappa shape index (κ1) is 11.4. The maximum Gasteiger partial charge on any atom is 0.0213 e. The highest BCUT2D eigenvalue weighted by atomic mass is 32.1. The van der Waals surface area contributed by atoms with E-state index in [0.717, 1.165) is 19.5 Å². The lowest BCUT2D eigenvalue weighted by atomic mass is 10.1. The summed E-state index contributed by atoms with van der Waals surface area (Å²) in [7, 11) is 0. The van der Waals surface area contributed by atoms with E-state index in [4.69, 9.17) is 0 Å². The predicted molar refractivity (Wildman–Crippen MR) is 70.9 cm³/mol. The molecule has 0 unspecified atom stereocenters. The molecule has 0 saturated carbocycles. The van der Waals surface area contributed by atoms with Gasteiger partial charge in [-0.05, 0) is 29.1 Å². The molecular formula is C14H17NS. The summed E-state index contributed by atoms with van der Waals surface area (Å²) < 4.78 is 0. The fraction of sp³-hybridized carbons (Fsp3) is 0.286. The Morgan fingerprint density at radius 3 is 2.69 bits per heavy atom. The molecule has 0 atom stereocenters. The van der Waals surface area contributed by atoms with Gasteiger partial charge in [0.15, 0.2) is 0 Å². The van der Waals surface area contributed by atoms with E-state index in [0.29, 0.717) is 0 Å². The number of rotatable bonds is 5. The summed E-state index contributed by atoms with van der Waals surface area (Å²) in [5.41, 5.74) is 2.79. The Hall–Kier alpha value is -1.12. The van der Waals surface area contributed by atoms with Crippen LogP contribution in [0.15, 0.2) is 41.8 Å². The van der Waals surface area contributed by atoms with Crippen molar-refractivity contribution in [3.63, 3.8) is 0 Å². The highest BCUT2D eigenvalue weighted by molar-refractivity contribution is 7.10. The van der Waals surface area contributed by atoms with E-state index in [-0.39, 0.29) is 0 Å². The second-order valence-corrected chi connectivity index (χ2v) is 4.86. The number of nitrogens with one attached hydrogen (secondary N) is 1. The Morgan fingerprint density at radius 1 is 1.12 bits per heavy atom. The van der Waals surface area contributed by atoms with Gasteiger partial charge in [0.25, 0.3) is 0 Å². The van der Waals surface area contributed by atoms with Crippen molar-refractivity contribution in [2.45, 2.75) is 19.9 Å². The largest absolute Gasteiger partial charge is 0.313 e. The van der Waals surface area contributed by atoms with Crippen LogP contribution in [0.25, 0.3) is 0 Å². The molecule has 1 heterocycles. The molecule has 0 spiro atoms. The minimum atomic E-state index is 0.988. The van der Waals surface area contributed by atoms with Gasteiger partial charge in [-0.1, -0.05) is 37.3 Å². The van der Waals surface area contributed by atoms with Gasteiger partial charge in [-0.3, -0.25) is 0 Å². The number of thiophene rings is 1. The molecule has 2 rings (SSSR count). The van der Waals surface area contributed by atoms with Gasteiger partial charge < -0.3 is 5.32 Å². The maximum absolute atomic E-state index is 3.35. The summed E-state index contributed by atoms with van der Waals surface area (Å²) in [6.07, 6.45) is 1.05. The molecule has 2 heteroatoms. The number of hydrogen-bond acceptors (Lipinski definition) is 2. The van der Waals surface area contributed by atoms with E-state index < -0.39 is 0 Å². The van der Waals surface area contributed by atoms with Crippen LogP contribution in [0.3, 0.4) is 0 Å². The summed E-state index contributed by atoms with van der Waals surface area (Å²) in [6, 6.07) is 12.9. The zero-order valence-electron chi connectivity index (χ0n) is 9.57. The van der Waals surface area contributed by atoms with Crippen molar-refractivity contribution in [3.8, 4) is 0 Å². The second kappa shape index (κ2) is 5.83. The molecular weight excluding hydrogens is 214 g/mol. The molecule has 1 aromatic heterocycles. The molecule has 0 aliphatic carbocycles. The zero-order valence-corrected chi connectivity index (χ0v) is 10.4. The third-order valence-corrected chi connectivity index (χ3v) is 3.49. The Bertz CT molecular complexity index is 419. The van der Waals surface area contributed by atoms with Gasteiger partial charge in [0.2, 0.25) is 0 Å². The van der Waals surface area contributed by atoms with Gasteiger partial charge >= 0.3 is 0 Å². The van der Waals surface area contributed by atoms with Crippen LogP contribution in [-0.2, 0) is 13.0 Å². The Kier molecular flexibility index (Phi) is 4.14. The topological polar surface area (TPSA) is 12.0 Å². The van der Waals surface area contributed by atoms with E-state index >= 15 is 0 Å². The molecule has 16 heavy (non-hydrogen) atoms. The molecule has 2 aromatic rings. The van der Waals surface area contributed by atoms with Gasteiger partial charge in [-0.2, -0.15) is 0 Å². The summed E-state index contributed by atoms with van der Waals surface area (Å²) in [6.45, 7) is 4.16. The Labute approximate surface area is 101 Å². The smallest absolute Gasteiger partial charge is 0.0213 e. The quantitative estimate of drug-likeness (QED) is 0.831. The third kappa shape index (κ3) is 3.19. The molecule has 1 nitrogen and oxygen atoms in total. The summed E-state index contributed by atoms with van der Waals surface area (Å²) in [5, 5.41) is 5.60. The van der Waals surface area contributed by atoms with Crippen molar-refractivity contribution < 1.29 is 0 Å². The average molecular weight is 231 g/mol. The first-order chi connectivity index (χ1) is 7.88. The van der Waals surface area contributed by atoms with E-state index in [1.807, 2.05) is 11.3 Å². The highest BCUT2D eigenvalue weighted by Crippen LogP contribution is 2.18. The fourth-order valence-corrected chi connectivity index (χ4v) is 2.60. The van der Waals surface area contributed by atoms with Crippen molar-refractivity contribution in [1.82, 2.24) is 5.32 Å². The molecule has 0 aliphatic rings. The van der Waals surface area contributed by atoms with Gasteiger partial charge in [0.05, 0.1) is 0 Å².